The van der Waals surface area contributed by atoms with Gasteiger partial charge in [0.2, 0.25) is 6.10 Å². The zero-order valence-corrected chi connectivity index (χ0v) is 43.9. The van der Waals surface area contributed by atoms with Crippen molar-refractivity contribution in [2.45, 2.75) is 47.3 Å². The topological polar surface area (TPSA) is 219 Å². The van der Waals surface area contributed by atoms with Crippen LogP contribution in [0.2, 0.25) is 0 Å². The van der Waals surface area contributed by atoms with Crippen molar-refractivity contribution in [3.63, 3.8) is 0 Å². The van der Waals surface area contributed by atoms with Gasteiger partial charge in [-0.2, -0.15) is 9.36 Å². The molecule has 2 aliphatic heterocycles. The van der Waals surface area contributed by atoms with E-state index in [2.05, 4.69) is 20.8 Å². The Morgan fingerprint density at radius 2 is 1.42 bits per heavy atom. The molecular weight excluding hydrogens is 1040 g/mol. The number of ether oxygens (including phenoxy) is 1. The van der Waals surface area contributed by atoms with Crippen molar-refractivity contribution in [2.24, 2.45) is 10.9 Å². The van der Waals surface area contributed by atoms with Gasteiger partial charge in [0.15, 0.2) is 21.3 Å². The molecule has 5 aromatic carbocycles. The number of aromatic nitrogens is 3. The van der Waals surface area contributed by atoms with Crippen LogP contribution in [0.5, 0.6) is 0 Å². The van der Waals surface area contributed by atoms with Crippen LogP contribution in [-0.2, 0) is 34.3 Å². The van der Waals surface area contributed by atoms with E-state index in [4.69, 9.17) is 20.3 Å². The summed E-state index contributed by atoms with van der Waals surface area (Å²) in [5.74, 6) is -3.09. The molecule has 0 saturated carbocycles. The van der Waals surface area contributed by atoms with Gasteiger partial charge in [-0.15, -0.1) is 34.4 Å². The molecule has 3 amide bonds. The number of nitrogens with zero attached hydrogens (tertiary/aromatic N) is 5. The maximum Gasteiger partial charge on any atom is 0.493 e. The highest BCUT2D eigenvalue weighted by molar-refractivity contribution is 8.02. The summed E-state index contributed by atoms with van der Waals surface area (Å²) < 4.78 is 8.83. The Bertz CT molecular complexity index is 3390. The average Bonchev–Trinajstić information content (AvgIpc) is 4.16. The molecule has 1 saturated heterocycles. The molecule has 0 radical (unpaired) electrons. The van der Waals surface area contributed by atoms with E-state index in [1.54, 1.807) is 24.6 Å². The van der Waals surface area contributed by atoms with Crippen molar-refractivity contribution in [3.05, 3.63) is 220 Å². The number of hydrogen-bond acceptors (Lipinski definition) is 15. The summed E-state index contributed by atoms with van der Waals surface area (Å²) in [6.07, 6.45) is -0.532. The van der Waals surface area contributed by atoms with Crippen LogP contribution in [0, 0.1) is 6.92 Å². The van der Waals surface area contributed by atoms with Crippen molar-refractivity contribution in [2.75, 3.05) is 16.8 Å². The van der Waals surface area contributed by atoms with Crippen molar-refractivity contribution in [1.82, 2.24) is 20.2 Å². The van der Waals surface area contributed by atoms with Gasteiger partial charge in [0.25, 0.3) is 11.8 Å². The summed E-state index contributed by atoms with van der Waals surface area (Å²) >= 11 is 5.22. The minimum atomic E-state index is -1.33. The second-order valence-corrected chi connectivity index (χ2v) is 21.8. The number of thioether (sulfide) groups is 2. The third kappa shape index (κ3) is 10.3. The minimum Gasteiger partial charge on any atom is -0.477 e. The molecule has 5 N–H and O–H groups in total. The number of anilines is 1. The number of nitrogens with two attached hydrogens (primary N) is 1. The van der Waals surface area contributed by atoms with Gasteiger partial charge in [-0.05, 0) is 46.4 Å². The second kappa shape index (κ2) is 22.4. The van der Waals surface area contributed by atoms with Gasteiger partial charge >= 0.3 is 18.0 Å². The van der Waals surface area contributed by atoms with Gasteiger partial charge in [-0.25, -0.2) is 19.6 Å². The first-order valence-corrected chi connectivity index (χ1v) is 27.5. The molecule has 3 aromatic heterocycles. The molecule has 5 heterocycles. The Morgan fingerprint density at radius 1 is 0.855 bits per heavy atom. The van der Waals surface area contributed by atoms with E-state index in [9.17, 15) is 29.1 Å². The van der Waals surface area contributed by atoms with E-state index in [-0.39, 0.29) is 28.6 Å². The highest BCUT2D eigenvalue weighted by atomic mass is 32.2. The second-order valence-electron chi connectivity index (χ2n) is 17.5. The van der Waals surface area contributed by atoms with Crippen molar-refractivity contribution >= 4 is 97.0 Å². The first kappa shape index (κ1) is 51.3. The van der Waals surface area contributed by atoms with Crippen LogP contribution in [0.15, 0.2) is 190 Å². The fourth-order valence-corrected chi connectivity index (χ4v) is 13.4. The van der Waals surface area contributed by atoms with Crippen molar-refractivity contribution in [3.8, 4) is 0 Å². The number of thiazole rings is 2. The quantitative estimate of drug-likeness (QED) is 0.0120. The lowest BCUT2D eigenvalue weighted by Crippen LogP contribution is -2.71. The summed E-state index contributed by atoms with van der Waals surface area (Å²) in [7, 11) is 0. The van der Waals surface area contributed by atoms with E-state index in [0.29, 0.717) is 26.3 Å². The molecule has 16 nitrogen and oxygen atoms in total. The summed E-state index contributed by atoms with van der Waals surface area (Å²) in [5, 5.41) is 22.6. The molecule has 0 bridgehead atoms. The van der Waals surface area contributed by atoms with Crippen LogP contribution in [0.25, 0.3) is 10.2 Å². The monoisotopic (exact) mass is 1090 g/mol. The number of fused-ring (bicyclic) bond motifs is 2. The number of carbonyl (C=O) groups excluding carboxylic acids is 4. The number of carboxylic acids is 1. The average molecular weight is 1090 g/mol. The highest BCUT2D eigenvalue weighted by Crippen LogP contribution is 2.44. The van der Waals surface area contributed by atoms with E-state index in [0.717, 1.165) is 32.5 Å². The SMILES string of the molecule is Cc1c2nc(SCC3=C(C(=O)O)N4C(=O)C(NC(=O)C(=NO[C@@H](C)C(=O)OC(c5ccccc5)c5ccccc5)c5csc(NC(c6ccccc6)(c6ccccc6)c6ccccc6)n5)[C@@H]4SC3)sc2cc[n+]1C(N)=O. The van der Waals surface area contributed by atoms with Gasteiger partial charge in [0.1, 0.15) is 45.8 Å². The Morgan fingerprint density at radius 3 is 1.97 bits per heavy atom. The number of rotatable bonds is 18. The third-order valence-corrected chi connectivity index (χ3v) is 17.2. The lowest BCUT2D eigenvalue weighted by atomic mass is 9.77. The van der Waals surface area contributed by atoms with Crippen molar-refractivity contribution in [1.29, 1.82) is 0 Å². The summed E-state index contributed by atoms with van der Waals surface area (Å²) in [6.45, 7) is 3.19. The number of esters is 1. The predicted octanol–water partition coefficient (Wildman–Crippen LogP) is 8.65. The molecule has 1 fully saturated rings. The Balaban J connectivity index is 0.937. The fourth-order valence-electron chi connectivity index (χ4n) is 9.06. The first-order valence-electron chi connectivity index (χ1n) is 23.8. The number of carbonyl (C=O) groups is 5. The highest BCUT2D eigenvalue weighted by Gasteiger charge is 2.54. The molecule has 8 aromatic rings. The van der Waals surface area contributed by atoms with Crippen LogP contribution in [0.3, 0.4) is 0 Å². The van der Waals surface area contributed by atoms with Gasteiger partial charge in [0.05, 0.1) is 4.70 Å². The maximum atomic E-state index is 14.7. The number of hydrogen-bond donors (Lipinski definition) is 4. The van der Waals surface area contributed by atoms with E-state index in [1.807, 2.05) is 152 Å². The molecule has 382 valence electrons. The Kier molecular flexibility index (Phi) is 15.1. The number of aryl methyl sites for hydroxylation is 1. The number of nitrogens with one attached hydrogen (secondary N) is 2. The Hall–Kier alpha value is -8.17. The number of amides is 3. The summed E-state index contributed by atoms with van der Waals surface area (Å²) in [6, 6.07) is 48.2. The smallest absolute Gasteiger partial charge is 0.477 e. The fraction of sp³-hybridized carbons (Fsp3) is 0.161. The zero-order valence-electron chi connectivity index (χ0n) is 40.6. The number of primary amides is 1. The molecular formula is C56H47N8O8S4+. The van der Waals surface area contributed by atoms with Gasteiger partial charge in [-0.3, -0.25) is 20.2 Å². The predicted molar refractivity (Wildman–Crippen MR) is 293 cm³/mol. The molecule has 0 aliphatic carbocycles. The number of carboxylic acid groups (broad SMARTS) is 1. The molecule has 1 unspecified atom stereocenters. The van der Waals surface area contributed by atoms with E-state index >= 15 is 0 Å². The van der Waals surface area contributed by atoms with Gasteiger partial charge in [0, 0.05) is 23.8 Å². The number of oxime groups is 1. The van der Waals surface area contributed by atoms with E-state index in [1.165, 1.54) is 62.6 Å². The van der Waals surface area contributed by atoms with Crippen LogP contribution in [0.4, 0.5) is 9.93 Å². The summed E-state index contributed by atoms with van der Waals surface area (Å²) in [5.41, 5.74) is 9.98. The zero-order chi connectivity index (χ0) is 52.9. The lowest BCUT2D eigenvalue weighted by molar-refractivity contribution is -0.575. The lowest BCUT2D eigenvalue weighted by Gasteiger charge is -2.49. The minimum absolute atomic E-state index is 0.0694. The molecule has 2 aliphatic rings. The van der Waals surface area contributed by atoms with E-state index < -0.39 is 58.9 Å². The van der Waals surface area contributed by atoms with Gasteiger partial charge in [-0.1, -0.05) is 169 Å². The van der Waals surface area contributed by atoms with Crippen LogP contribution in [-0.4, -0.2) is 84.5 Å². The van der Waals surface area contributed by atoms with Crippen LogP contribution in [0.1, 0.15) is 52.2 Å². The third-order valence-electron chi connectivity index (χ3n) is 12.8. The Labute approximate surface area is 452 Å². The largest absolute Gasteiger partial charge is 0.493 e. The molecule has 0 spiro atoms. The summed E-state index contributed by atoms with van der Waals surface area (Å²) in [4.78, 5) is 84.2. The molecule has 76 heavy (non-hydrogen) atoms. The number of β-lactam (4-membered cyclic amide) rings is 1. The standard InChI is InChI=1S/C56H46N8O8S4/c1-33-43-42(28-29-63(33)53(57)70)76-55(60-43)75-31-37-30-73-50-45(49(66)64(50)46(37)51(67)68)59-48(65)44(62-72-34(2)52(69)71-47(35-18-8-3-9-19-35)36-20-10-4-11-21-36)41-32-74-54(58-41)61-56(38-22-12-5-13-23-38,39-24-14-6-15-25-39)40-26-16-7-17-27-40/h3-29,32,34,45,47,50H,30-31H2,1-2H3,(H4-,57,58,59,61,65,67,68,70)/p+1/t34-,45?,50-/m0/s1. The van der Waals surface area contributed by atoms with Gasteiger partial charge < -0.3 is 25.3 Å². The first-order chi connectivity index (χ1) is 36.9. The molecule has 3 atom stereocenters. The van der Waals surface area contributed by atoms with Crippen molar-refractivity contribution < 1.29 is 43.2 Å². The van der Waals surface area contributed by atoms with Crippen LogP contribution < -0.4 is 20.9 Å². The number of benzene rings is 5. The maximum absolute atomic E-state index is 14.7. The number of pyridine rings is 1. The normalized spacial score (nSPS) is 15.9. The van der Waals surface area contributed by atoms with Crippen LogP contribution >= 0.6 is 46.2 Å². The number of aliphatic carboxylic acids is 1. The molecule has 20 heteroatoms. The molecule has 10 rings (SSSR count).